The second kappa shape index (κ2) is 3.92. The van der Waals surface area contributed by atoms with E-state index in [0.29, 0.717) is 12.1 Å². The summed E-state index contributed by atoms with van der Waals surface area (Å²) in [5.74, 6) is 0.345. The SMILES string of the molecule is CCn1nc(C)c(-c2cnc(C=O)[nH]2)c1C. The van der Waals surface area contributed by atoms with Crippen molar-refractivity contribution in [2.24, 2.45) is 0 Å². The van der Waals surface area contributed by atoms with E-state index in [1.807, 2.05) is 25.5 Å². The number of nitrogens with one attached hydrogen (secondary N) is 1. The highest BCUT2D eigenvalue weighted by Crippen LogP contribution is 2.24. The smallest absolute Gasteiger partial charge is 0.185 e. The predicted molar refractivity (Wildman–Crippen MR) is 60.3 cm³/mol. The molecule has 0 aromatic carbocycles. The summed E-state index contributed by atoms with van der Waals surface area (Å²) in [7, 11) is 0. The molecule has 0 radical (unpaired) electrons. The molecule has 0 aliphatic carbocycles. The summed E-state index contributed by atoms with van der Waals surface area (Å²) < 4.78 is 1.94. The van der Waals surface area contributed by atoms with Gasteiger partial charge in [0.05, 0.1) is 17.6 Å². The first-order valence-electron chi connectivity index (χ1n) is 5.22. The Morgan fingerprint density at radius 1 is 1.50 bits per heavy atom. The number of imidazole rings is 1. The summed E-state index contributed by atoms with van der Waals surface area (Å²) in [5.41, 5.74) is 3.90. The summed E-state index contributed by atoms with van der Waals surface area (Å²) in [5, 5.41) is 4.42. The molecular weight excluding hydrogens is 204 g/mol. The van der Waals surface area contributed by atoms with E-state index < -0.39 is 0 Å². The van der Waals surface area contributed by atoms with Crippen molar-refractivity contribution in [3.05, 3.63) is 23.4 Å². The van der Waals surface area contributed by atoms with Crippen molar-refractivity contribution in [3.8, 4) is 11.3 Å². The molecule has 2 heterocycles. The molecule has 0 saturated heterocycles. The van der Waals surface area contributed by atoms with E-state index in [4.69, 9.17) is 0 Å². The van der Waals surface area contributed by atoms with Crippen molar-refractivity contribution < 1.29 is 4.79 Å². The number of H-pyrrole nitrogens is 1. The molecule has 0 atom stereocenters. The summed E-state index contributed by atoms with van der Waals surface area (Å²) in [4.78, 5) is 17.5. The Labute approximate surface area is 93.5 Å². The molecule has 2 rings (SSSR count). The summed E-state index contributed by atoms with van der Waals surface area (Å²) in [6.45, 7) is 6.85. The van der Waals surface area contributed by atoms with Crippen molar-refractivity contribution >= 4 is 6.29 Å². The molecule has 5 nitrogen and oxygen atoms in total. The Morgan fingerprint density at radius 2 is 2.25 bits per heavy atom. The van der Waals surface area contributed by atoms with Crippen LogP contribution in [0.15, 0.2) is 6.20 Å². The number of aldehydes is 1. The van der Waals surface area contributed by atoms with Crippen LogP contribution in [0.5, 0.6) is 0 Å². The van der Waals surface area contributed by atoms with Crippen molar-refractivity contribution in [2.45, 2.75) is 27.3 Å². The minimum Gasteiger partial charge on any atom is -0.336 e. The second-order valence-electron chi connectivity index (χ2n) is 3.66. The van der Waals surface area contributed by atoms with E-state index >= 15 is 0 Å². The maximum atomic E-state index is 10.6. The number of carbonyl (C=O) groups is 1. The molecule has 0 amide bonds. The monoisotopic (exact) mass is 218 g/mol. The molecule has 0 unspecified atom stereocenters. The lowest BCUT2D eigenvalue weighted by Gasteiger charge is -1.99. The van der Waals surface area contributed by atoms with Gasteiger partial charge in [0.15, 0.2) is 12.1 Å². The van der Waals surface area contributed by atoms with Gasteiger partial charge in [0.2, 0.25) is 0 Å². The van der Waals surface area contributed by atoms with Crippen molar-refractivity contribution in [1.29, 1.82) is 0 Å². The Morgan fingerprint density at radius 3 is 2.75 bits per heavy atom. The number of hydrogen-bond donors (Lipinski definition) is 1. The molecule has 0 saturated carbocycles. The average molecular weight is 218 g/mol. The van der Waals surface area contributed by atoms with Crippen LogP contribution < -0.4 is 0 Å². The normalized spacial score (nSPS) is 10.7. The van der Waals surface area contributed by atoms with Crippen molar-refractivity contribution in [1.82, 2.24) is 19.7 Å². The third-order valence-electron chi connectivity index (χ3n) is 2.66. The summed E-state index contributed by atoms with van der Waals surface area (Å²) >= 11 is 0. The van der Waals surface area contributed by atoms with Gasteiger partial charge in [0.1, 0.15) is 0 Å². The highest BCUT2D eigenvalue weighted by Gasteiger charge is 2.14. The Bertz CT molecular complexity index is 524. The maximum absolute atomic E-state index is 10.6. The first-order valence-corrected chi connectivity index (χ1v) is 5.22. The molecule has 16 heavy (non-hydrogen) atoms. The number of rotatable bonds is 3. The lowest BCUT2D eigenvalue weighted by Crippen LogP contribution is -1.98. The summed E-state index contributed by atoms with van der Waals surface area (Å²) in [6.07, 6.45) is 2.37. The molecule has 0 spiro atoms. The van der Waals surface area contributed by atoms with Crippen LogP contribution in [0.3, 0.4) is 0 Å². The first-order chi connectivity index (χ1) is 7.67. The minimum atomic E-state index is 0.345. The quantitative estimate of drug-likeness (QED) is 0.798. The molecule has 2 aromatic rings. The van der Waals surface area contributed by atoms with Gasteiger partial charge in [-0.25, -0.2) is 4.98 Å². The number of carbonyl (C=O) groups excluding carboxylic acids is 1. The molecule has 0 aliphatic heterocycles. The standard InChI is InChI=1S/C11H14N4O/c1-4-15-8(3)11(7(2)14-15)9-5-12-10(6-16)13-9/h5-6H,4H2,1-3H3,(H,12,13). The van der Waals surface area contributed by atoms with Crippen LogP contribution in [0.1, 0.15) is 28.9 Å². The van der Waals surface area contributed by atoms with Gasteiger partial charge in [-0.1, -0.05) is 0 Å². The summed E-state index contributed by atoms with van der Waals surface area (Å²) in [6, 6.07) is 0. The maximum Gasteiger partial charge on any atom is 0.185 e. The van der Waals surface area contributed by atoms with Crippen molar-refractivity contribution in [2.75, 3.05) is 0 Å². The van der Waals surface area contributed by atoms with Gasteiger partial charge in [0.25, 0.3) is 0 Å². The lowest BCUT2D eigenvalue weighted by molar-refractivity contribution is 0.111. The van der Waals surface area contributed by atoms with Crippen LogP contribution in [0.4, 0.5) is 0 Å². The van der Waals surface area contributed by atoms with Gasteiger partial charge in [-0.3, -0.25) is 9.48 Å². The Kier molecular flexibility index (Phi) is 2.60. The molecule has 0 fully saturated rings. The van der Waals surface area contributed by atoms with E-state index in [-0.39, 0.29) is 0 Å². The largest absolute Gasteiger partial charge is 0.336 e. The van der Waals surface area contributed by atoms with E-state index in [2.05, 4.69) is 15.1 Å². The molecule has 0 aliphatic rings. The fourth-order valence-electron chi connectivity index (χ4n) is 1.92. The minimum absolute atomic E-state index is 0.345. The van der Waals surface area contributed by atoms with Crippen LogP contribution in [0.2, 0.25) is 0 Å². The molecule has 0 bridgehead atoms. The molecule has 1 N–H and O–H groups in total. The van der Waals surface area contributed by atoms with Gasteiger partial charge in [-0.15, -0.1) is 0 Å². The van der Waals surface area contributed by atoms with E-state index in [9.17, 15) is 4.79 Å². The average Bonchev–Trinajstić information content (AvgIpc) is 2.83. The zero-order valence-corrected chi connectivity index (χ0v) is 9.61. The van der Waals surface area contributed by atoms with Crippen LogP contribution >= 0.6 is 0 Å². The van der Waals surface area contributed by atoms with Gasteiger partial charge in [0, 0.05) is 17.8 Å². The Hall–Kier alpha value is -1.91. The fraction of sp³-hybridized carbons (Fsp3) is 0.364. The molecular formula is C11H14N4O. The van der Waals surface area contributed by atoms with Crippen molar-refractivity contribution in [3.63, 3.8) is 0 Å². The highest BCUT2D eigenvalue weighted by molar-refractivity contribution is 5.73. The molecule has 5 heteroatoms. The zero-order valence-electron chi connectivity index (χ0n) is 9.61. The highest BCUT2D eigenvalue weighted by atomic mass is 16.1. The number of aryl methyl sites for hydroxylation is 2. The lowest BCUT2D eigenvalue weighted by atomic mass is 10.1. The number of aromatic amines is 1. The van der Waals surface area contributed by atoms with Crippen LogP contribution in [0.25, 0.3) is 11.3 Å². The van der Waals surface area contributed by atoms with Gasteiger partial charge < -0.3 is 4.98 Å². The number of aromatic nitrogens is 4. The van der Waals surface area contributed by atoms with E-state index in [1.54, 1.807) is 6.20 Å². The number of hydrogen-bond acceptors (Lipinski definition) is 3. The molecule has 2 aromatic heterocycles. The van der Waals surface area contributed by atoms with Gasteiger partial charge >= 0.3 is 0 Å². The fourth-order valence-corrected chi connectivity index (χ4v) is 1.92. The predicted octanol–water partition coefficient (Wildman–Crippen LogP) is 1.72. The second-order valence-corrected chi connectivity index (χ2v) is 3.66. The van der Waals surface area contributed by atoms with Gasteiger partial charge in [-0.2, -0.15) is 5.10 Å². The van der Waals surface area contributed by atoms with Crippen LogP contribution in [-0.4, -0.2) is 26.0 Å². The zero-order chi connectivity index (χ0) is 11.7. The topological polar surface area (TPSA) is 63.6 Å². The Balaban J connectivity index is 2.54. The first kappa shape index (κ1) is 10.6. The third kappa shape index (κ3) is 1.54. The van der Waals surface area contributed by atoms with Crippen LogP contribution in [0, 0.1) is 13.8 Å². The van der Waals surface area contributed by atoms with E-state index in [1.165, 1.54) is 0 Å². The van der Waals surface area contributed by atoms with Crippen LogP contribution in [-0.2, 0) is 6.54 Å². The number of nitrogens with zero attached hydrogens (tertiary/aromatic N) is 3. The van der Waals surface area contributed by atoms with Gasteiger partial charge in [-0.05, 0) is 20.8 Å². The molecule has 84 valence electrons. The third-order valence-corrected chi connectivity index (χ3v) is 2.66. The van der Waals surface area contributed by atoms with E-state index in [0.717, 1.165) is 29.2 Å².